The fourth-order valence-electron chi connectivity index (χ4n) is 2.56. The van der Waals surface area contributed by atoms with Crippen LogP contribution >= 0.6 is 11.3 Å². The van der Waals surface area contributed by atoms with Crippen molar-refractivity contribution in [1.82, 2.24) is 0 Å². The third kappa shape index (κ3) is 1.34. The Balaban J connectivity index is 2.32. The van der Waals surface area contributed by atoms with E-state index in [1.54, 1.807) is 5.56 Å². The lowest BCUT2D eigenvalue weighted by atomic mass is 9.87. The normalized spacial score (nSPS) is 13.5. The van der Waals surface area contributed by atoms with Gasteiger partial charge in [-0.05, 0) is 60.4 Å². The van der Waals surface area contributed by atoms with E-state index < -0.39 is 0 Å². The highest BCUT2D eigenvalue weighted by Gasteiger charge is 2.18. The van der Waals surface area contributed by atoms with Crippen molar-refractivity contribution in [3.05, 3.63) is 45.8 Å². The second kappa shape index (κ2) is 3.21. The Labute approximate surface area is 94.6 Å². The molecule has 0 aliphatic heterocycles. The minimum atomic E-state index is 1.21. The smallest absolute Gasteiger partial charge is 0.0377 e. The lowest BCUT2D eigenvalue weighted by molar-refractivity contribution is 0.937. The van der Waals surface area contributed by atoms with Gasteiger partial charge in [0.25, 0.3) is 0 Å². The lowest BCUT2D eigenvalue weighted by Gasteiger charge is -2.19. The summed E-state index contributed by atoms with van der Waals surface area (Å²) in [6.07, 6.45) is 2.43. The number of thiophene rings is 1. The molecule has 1 heterocycles. The van der Waals surface area contributed by atoms with Gasteiger partial charge >= 0.3 is 0 Å². The molecule has 76 valence electrons. The molecule has 0 saturated heterocycles. The van der Waals surface area contributed by atoms with Crippen LogP contribution in [0.1, 0.15) is 22.3 Å². The van der Waals surface area contributed by atoms with Gasteiger partial charge in [-0.1, -0.05) is 17.7 Å². The minimum absolute atomic E-state index is 1.21. The summed E-state index contributed by atoms with van der Waals surface area (Å²) >= 11 is 1.89. The van der Waals surface area contributed by atoms with Crippen molar-refractivity contribution in [3.8, 4) is 10.4 Å². The van der Waals surface area contributed by atoms with Gasteiger partial charge in [-0.3, -0.25) is 0 Å². The van der Waals surface area contributed by atoms with Crippen molar-refractivity contribution in [2.75, 3.05) is 0 Å². The first kappa shape index (κ1) is 9.17. The van der Waals surface area contributed by atoms with Crippen molar-refractivity contribution in [3.63, 3.8) is 0 Å². The van der Waals surface area contributed by atoms with Gasteiger partial charge in [0.2, 0.25) is 0 Å². The van der Waals surface area contributed by atoms with Crippen LogP contribution in [0.4, 0.5) is 0 Å². The van der Waals surface area contributed by atoms with Gasteiger partial charge in [-0.15, -0.1) is 11.3 Å². The molecule has 0 bridgehead atoms. The number of rotatable bonds is 0. The molecule has 0 atom stereocenters. The maximum atomic E-state index is 2.34. The SMILES string of the molecule is Cc1cc(C)c2c(c1)-c1sccc1CC2. The summed E-state index contributed by atoms with van der Waals surface area (Å²) in [5.41, 5.74) is 7.44. The van der Waals surface area contributed by atoms with Crippen LogP contribution in [-0.4, -0.2) is 0 Å². The second-order valence-corrected chi connectivity index (χ2v) is 5.30. The largest absolute Gasteiger partial charge is 0.144 e. The topological polar surface area (TPSA) is 0 Å². The first-order valence-electron chi connectivity index (χ1n) is 5.42. The Morgan fingerprint density at radius 1 is 1.13 bits per heavy atom. The van der Waals surface area contributed by atoms with E-state index in [4.69, 9.17) is 0 Å². The molecule has 0 unspecified atom stereocenters. The molecule has 1 aromatic heterocycles. The fraction of sp³-hybridized carbons (Fsp3) is 0.286. The van der Waals surface area contributed by atoms with Crippen molar-refractivity contribution in [2.45, 2.75) is 26.7 Å². The Bertz CT molecular complexity index is 520. The summed E-state index contributed by atoms with van der Waals surface area (Å²) < 4.78 is 0. The van der Waals surface area contributed by atoms with Gasteiger partial charge in [0.15, 0.2) is 0 Å². The van der Waals surface area contributed by atoms with Gasteiger partial charge in [0.1, 0.15) is 0 Å². The number of benzene rings is 1. The zero-order chi connectivity index (χ0) is 10.4. The molecule has 0 amide bonds. The molecule has 1 aromatic carbocycles. The molecule has 0 spiro atoms. The minimum Gasteiger partial charge on any atom is -0.144 e. The van der Waals surface area contributed by atoms with Gasteiger partial charge in [-0.25, -0.2) is 0 Å². The number of hydrogen-bond acceptors (Lipinski definition) is 1. The summed E-state index contributed by atoms with van der Waals surface area (Å²) in [5, 5.41) is 2.22. The van der Waals surface area contributed by atoms with E-state index in [0.717, 1.165) is 0 Å². The molecule has 3 rings (SSSR count). The molecule has 0 radical (unpaired) electrons. The number of hydrogen-bond donors (Lipinski definition) is 0. The van der Waals surface area contributed by atoms with E-state index in [1.165, 1.54) is 40.0 Å². The average Bonchev–Trinajstić information content (AvgIpc) is 2.65. The highest BCUT2D eigenvalue weighted by atomic mass is 32.1. The molecule has 2 aromatic rings. The zero-order valence-corrected chi connectivity index (χ0v) is 9.95. The summed E-state index contributed by atoms with van der Waals surface area (Å²) in [6.45, 7) is 4.43. The molecule has 0 nitrogen and oxygen atoms in total. The molecule has 0 saturated carbocycles. The highest BCUT2D eigenvalue weighted by molar-refractivity contribution is 7.13. The molecule has 1 aliphatic carbocycles. The first-order chi connectivity index (χ1) is 7.25. The van der Waals surface area contributed by atoms with E-state index in [9.17, 15) is 0 Å². The van der Waals surface area contributed by atoms with Crippen molar-refractivity contribution >= 4 is 11.3 Å². The Morgan fingerprint density at radius 3 is 2.87 bits per heavy atom. The number of aryl methyl sites for hydroxylation is 3. The summed E-state index contributed by atoms with van der Waals surface area (Å²) in [7, 11) is 0. The average molecular weight is 214 g/mol. The predicted octanol–water partition coefficient (Wildman–Crippen LogP) is 4.13. The van der Waals surface area contributed by atoms with Crippen LogP contribution in [0.25, 0.3) is 10.4 Å². The van der Waals surface area contributed by atoms with Crippen molar-refractivity contribution < 1.29 is 0 Å². The van der Waals surface area contributed by atoms with Crippen molar-refractivity contribution in [1.29, 1.82) is 0 Å². The Kier molecular flexibility index (Phi) is 1.96. The standard InChI is InChI=1S/C14H14S/c1-9-7-10(2)12-4-3-11-5-6-15-14(11)13(12)8-9/h5-8H,3-4H2,1-2H3. The van der Waals surface area contributed by atoms with Crippen molar-refractivity contribution in [2.24, 2.45) is 0 Å². The lowest BCUT2D eigenvalue weighted by Crippen LogP contribution is -2.03. The molecular weight excluding hydrogens is 200 g/mol. The first-order valence-corrected chi connectivity index (χ1v) is 6.30. The van der Waals surface area contributed by atoms with Crippen LogP contribution < -0.4 is 0 Å². The summed E-state index contributed by atoms with van der Waals surface area (Å²) in [6, 6.07) is 6.93. The molecule has 0 fully saturated rings. The third-order valence-corrected chi connectivity index (χ3v) is 4.24. The quantitative estimate of drug-likeness (QED) is 0.618. The molecule has 15 heavy (non-hydrogen) atoms. The third-order valence-electron chi connectivity index (χ3n) is 3.25. The van der Waals surface area contributed by atoms with Gasteiger partial charge in [-0.2, -0.15) is 0 Å². The van der Waals surface area contributed by atoms with Crippen LogP contribution in [0.15, 0.2) is 23.6 Å². The van der Waals surface area contributed by atoms with Crippen LogP contribution in [-0.2, 0) is 12.8 Å². The maximum absolute atomic E-state index is 2.34. The van der Waals surface area contributed by atoms with E-state index >= 15 is 0 Å². The highest BCUT2D eigenvalue weighted by Crippen LogP contribution is 2.39. The Hall–Kier alpha value is -1.08. The van der Waals surface area contributed by atoms with E-state index in [1.807, 2.05) is 11.3 Å². The van der Waals surface area contributed by atoms with E-state index in [2.05, 4.69) is 37.4 Å². The second-order valence-electron chi connectivity index (χ2n) is 4.38. The molecule has 1 heteroatoms. The van der Waals surface area contributed by atoms with Crippen LogP contribution in [0.5, 0.6) is 0 Å². The van der Waals surface area contributed by atoms with E-state index in [0.29, 0.717) is 0 Å². The molecule has 0 N–H and O–H groups in total. The van der Waals surface area contributed by atoms with Crippen LogP contribution in [0, 0.1) is 13.8 Å². The Morgan fingerprint density at radius 2 is 2.00 bits per heavy atom. The predicted molar refractivity (Wildman–Crippen MR) is 66.6 cm³/mol. The molecular formula is C14H14S. The van der Waals surface area contributed by atoms with Crippen LogP contribution in [0.3, 0.4) is 0 Å². The zero-order valence-electron chi connectivity index (χ0n) is 9.13. The van der Waals surface area contributed by atoms with Gasteiger partial charge in [0.05, 0.1) is 0 Å². The molecule has 1 aliphatic rings. The summed E-state index contributed by atoms with van der Waals surface area (Å²) in [5.74, 6) is 0. The van der Waals surface area contributed by atoms with Gasteiger partial charge in [0, 0.05) is 4.88 Å². The van der Waals surface area contributed by atoms with Gasteiger partial charge < -0.3 is 0 Å². The monoisotopic (exact) mass is 214 g/mol. The van der Waals surface area contributed by atoms with Crippen LogP contribution in [0.2, 0.25) is 0 Å². The van der Waals surface area contributed by atoms with E-state index in [-0.39, 0.29) is 0 Å². The maximum Gasteiger partial charge on any atom is 0.0377 e. The fourth-order valence-corrected chi connectivity index (χ4v) is 3.56. The summed E-state index contributed by atoms with van der Waals surface area (Å²) in [4.78, 5) is 1.50. The number of fused-ring (bicyclic) bond motifs is 3.